The molecule has 8 aromatic carbocycles. The highest BCUT2D eigenvalue weighted by atomic mass is 79.9. The van der Waals surface area contributed by atoms with Gasteiger partial charge in [0.2, 0.25) is 0 Å². The van der Waals surface area contributed by atoms with E-state index in [4.69, 9.17) is 37.9 Å². The molecule has 0 aliphatic rings. The number of benzene rings is 8. The Balaban J connectivity index is 0.000000183. The molecule has 16 aromatic rings. The second kappa shape index (κ2) is 60.1. The number of carbonyl (C=O) groups excluding carboxylic acids is 8. The number of rotatable bonds is 33. The maximum absolute atomic E-state index is 13.5. The van der Waals surface area contributed by atoms with Gasteiger partial charge in [0.25, 0.3) is 0 Å². The number of aromatic nitrogens is 16. The molecular weight excluding hydrogens is 1990 g/mol. The summed E-state index contributed by atoms with van der Waals surface area (Å²) < 4.78 is 93.6. The average Bonchev–Trinajstić information content (AvgIpc) is 1.62. The van der Waals surface area contributed by atoms with Gasteiger partial charge >= 0.3 is 47.8 Å². The van der Waals surface area contributed by atoms with E-state index in [1.165, 1.54) is 58.7 Å². The van der Waals surface area contributed by atoms with E-state index in [2.05, 4.69) is 157 Å². The SMILES string of the molecule is CCOC(=O)c1cc(CCc2ccccc2)[nH]n1.CCOC(=O)c1cc(Cc2ccc(Br)cc2)[nH]n1.CCOC(=O)c1cc(Cc2ccc(C)cc2)[nH]n1.CCOC(=O)c1cc(Cc2ccc(F)cc2F)[nH]n1.CCOC(=O)c1cc(Cc2cccc(Br)c2)[nH]n1.CCOC(=O)c1cc(Cc2cccc(F)c2)[nH]n1.CCOC(=O)c1cc(Cc2ccccc2)[nH]n1.CCOC(=O)c1cc(Cc2ccccc2F)[nH]n1. The van der Waals surface area contributed by atoms with E-state index in [9.17, 15) is 55.9 Å². The minimum Gasteiger partial charge on any atom is -0.461 e. The maximum Gasteiger partial charge on any atom is 0.358 e. The van der Waals surface area contributed by atoms with Gasteiger partial charge in [0.05, 0.1) is 52.9 Å². The van der Waals surface area contributed by atoms with Crippen molar-refractivity contribution >= 4 is 79.6 Å². The van der Waals surface area contributed by atoms with Gasteiger partial charge in [-0.05, 0) is 217 Å². The lowest BCUT2D eigenvalue weighted by atomic mass is 10.1. The van der Waals surface area contributed by atoms with Crippen LogP contribution in [0.25, 0.3) is 0 Å². The van der Waals surface area contributed by atoms with E-state index < -0.39 is 41.5 Å². The van der Waals surface area contributed by atoms with Crippen molar-refractivity contribution < 1.29 is 93.8 Å². The Morgan fingerprint density at radius 2 is 0.507 bits per heavy atom. The first-order valence-electron chi connectivity index (χ1n) is 45.9. The van der Waals surface area contributed by atoms with Crippen molar-refractivity contribution in [3.8, 4) is 0 Å². The molecule has 8 N–H and O–H groups in total. The first kappa shape index (κ1) is 112. The van der Waals surface area contributed by atoms with Gasteiger partial charge in [-0.15, -0.1) is 0 Å². The molecule has 0 atom stereocenters. The Hall–Kier alpha value is -16.1. The molecule has 38 heteroatoms. The number of hydrogen-bond donors (Lipinski definition) is 8. The highest BCUT2D eigenvalue weighted by molar-refractivity contribution is 9.10. The number of nitrogens with one attached hydrogen (secondary N) is 8. The first-order valence-corrected chi connectivity index (χ1v) is 47.5. The van der Waals surface area contributed by atoms with Gasteiger partial charge in [-0.25, -0.2) is 55.9 Å². The number of aryl methyl sites for hydroxylation is 3. The highest BCUT2D eigenvalue weighted by Gasteiger charge is 2.21. The summed E-state index contributed by atoms with van der Waals surface area (Å²) in [7, 11) is 0. The van der Waals surface area contributed by atoms with Crippen LogP contribution in [0.4, 0.5) is 17.6 Å². The van der Waals surface area contributed by atoms with Crippen LogP contribution < -0.4 is 0 Å². The van der Waals surface area contributed by atoms with Crippen molar-refractivity contribution in [1.82, 2.24) is 81.6 Å². The summed E-state index contributed by atoms with van der Waals surface area (Å²) in [6.07, 6.45) is 5.66. The fourth-order valence-corrected chi connectivity index (χ4v) is 13.8. The fraction of sp³-hybridized carbons (Fsp3) is 0.245. The van der Waals surface area contributed by atoms with Crippen LogP contribution >= 0.6 is 31.9 Å². The van der Waals surface area contributed by atoms with Gasteiger partial charge in [0.1, 0.15) is 23.3 Å². The number of carbonyl (C=O) groups is 8. The van der Waals surface area contributed by atoms with Gasteiger partial charge < -0.3 is 37.9 Å². The Kier molecular flexibility index (Phi) is 46.5. The quantitative estimate of drug-likeness (QED) is 0.0108. The second-order valence-electron chi connectivity index (χ2n) is 30.9. The first-order chi connectivity index (χ1) is 69.6. The van der Waals surface area contributed by atoms with Crippen molar-refractivity contribution in [2.45, 2.75) is 120 Å². The minimum atomic E-state index is -0.632. The molecule has 0 radical (unpaired) electrons. The molecule has 0 aliphatic carbocycles. The number of nitrogens with zero attached hydrogens (tertiary/aromatic N) is 8. The van der Waals surface area contributed by atoms with Gasteiger partial charge in [0, 0.05) is 106 Å². The zero-order valence-corrected chi connectivity index (χ0v) is 83.7. The Morgan fingerprint density at radius 3 is 0.840 bits per heavy atom. The zero-order valence-electron chi connectivity index (χ0n) is 80.6. The largest absolute Gasteiger partial charge is 0.461 e. The van der Waals surface area contributed by atoms with Crippen LogP contribution in [-0.2, 0) is 95.7 Å². The standard InChI is InChI=1S/2C14H16N2O2.2C13H13BrN2O2.C13H12F2N2O2.2C13H13FN2O2.C13H14N2O2/c1-3-18-14(17)13-9-12(15-16-13)8-11-6-4-10(2)5-7-11;1-2-18-14(17)13-10-12(15-16-13)9-8-11-6-4-3-5-7-11;1-2-18-13(17)12-8-11(15-16-12)7-9-3-5-10(14)6-4-9;1-2-18-13(17)12-8-11(15-16-12)7-9-4-3-5-10(14)6-9;1-2-19-13(18)12-7-10(16-17-12)5-8-3-4-9(14)6-11(8)15;1-2-18-13(17)12-8-11(15-16-12)7-9-4-3-5-10(14)6-9;1-2-18-13(17)12-8-10(15-16-12)7-9-5-3-4-6-11(9)14;1-2-17-13(16)12-9-11(14-15-12)8-10-6-4-3-5-7-10/h4-7,9H,3,8H2,1-2H3,(H,15,16);3-7,10H,2,8-9H2,1H3,(H,15,16);2*3-6,8H,2,7H2,1H3,(H,15,16);3-4,6-7H,2,5H2,1H3,(H,16,17);2*3-6,8H,2,7H2,1H3,(H,15,16);3-7,9H,2,8H2,1H3,(H,14,15). The van der Waals surface area contributed by atoms with Crippen molar-refractivity contribution in [2.75, 3.05) is 52.9 Å². The van der Waals surface area contributed by atoms with Gasteiger partial charge in [-0.3, -0.25) is 40.8 Å². The van der Waals surface area contributed by atoms with Crippen molar-refractivity contribution in [3.05, 3.63) is 422 Å². The second-order valence-corrected chi connectivity index (χ2v) is 32.7. The summed E-state index contributed by atoms with van der Waals surface area (Å²) in [6, 6.07) is 74.0. The van der Waals surface area contributed by atoms with Crippen molar-refractivity contribution in [2.24, 2.45) is 0 Å². The van der Waals surface area contributed by atoms with Gasteiger partial charge in [-0.1, -0.05) is 183 Å². The van der Waals surface area contributed by atoms with Crippen LogP contribution in [0.5, 0.6) is 0 Å². The predicted octanol–water partition coefficient (Wildman–Crippen LogP) is 20.0. The van der Waals surface area contributed by atoms with Crippen LogP contribution in [0, 0.1) is 30.2 Å². The fourth-order valence-electron chi connectivity index (χ4n) is 13.1. The van der Waals surface area contributed by atoms with E-state index >= 15 is 0 Å². The number of hydrogen-bond acceptors (Lipinski definition) is 24. The molecule has 16 rings (SSSR count). The molecule has 32 nitrogen and oxygen atoms in total. The van der Waals surface area contributed by atoms with Gasteiger partial charge in [0.15, 0.2) is 45.6 Å². The van der Waals surface area contributed by atoms with E-state index in [0.717, 1.165) is 91.5 Å². The third-order valence-electron chi connectivity index (χ3n) is 19.8. The number of H-pyrrole nitrogens is 8. The maximum atomic E-state index is 13.5. The summed E-state index contributed by atoms with van der Waals surface area (Å²) >= 11 is 6.81. The average molecular weight is 2100 g/mol. The van der Waals surface area contributed by atoms with E-state index in [1.54, 1.807) is 122 Å². The molecule has 0 spiro atoms. The molecule has 0 saturated heterocycles. The third kappa shape index (κ3) is 38.8. The normalized spacial score (nSPS) is 10.3. The molecule has 0 unspecified atom stereocenters. The lowest BCUT2D eigenvalue weighted by Crippen LogP contribution is -2.04. The van der Waals surface area contributed by atoms with E-state index in [0.29, 0.717) is 123 Å². The summed E-state index contributed by atoms with van der Waals surface area (Å²) in [5.41, 5.74) is 17.6. The van der Waals surface area contributed by atoms with Crippen molar-refractivity contribution in [3.63, 3.8) is 0 Å². The molecule has 144 heavy (non-hydrogen) atoms. The van der Waals surface area contributed by atoms with E-state index in [-0.39, 0.29) is 59.7 Å². The third-order valence-corrected chi connectivity index (χ3v) is 20.8. The Bertz CT molecular complexity index is 6500. The van der Waals surface area contributed by atoms with Crippen molar-refractivity contribution in [1.29, 1.82) is 0 Å². The van der Waals surface area contributed by atoms with Crippen LogP contribution in [0.2, 0.25) is 0 Å². The van der Waals surface area contributed by atoms with Crippen LogP contribution in [0.15, 0.2) is 258 Å². The zero-order chi connectivity index (χ0) is 103. The molecule has 0 fully saturated rings. The number of ether oxygens (including phenoxy) is 8. The van der Waals surface area contributed by atoms with Crippen LogP contribution in [-0.4, -0.2) is 182 Å². The van der Waals surface area contributed by atoms with Crippen LogP contribution in [0.1, 0.15) is 235 Å². The lowest BCUT2D eigenvalue weighted by molar-refractivity contribution is 0.0510. The Labute approximate surface area is 845 Å². The molecule has 8 heterocycles. The molecule has 752 valence electrons. The lowest BCUT2D eigenvalue weighted by Gasteiger charge is -2.00. The van der Waals surface area contributed by atoms with Gasteiger partial charge in [-0.2, -0.15) is 40.8 Å². The topological polar surface area (TPSA) is 440 Å². The Morgan fingerprint density at radius 1 is 0.236 bits per heavy atom. The molecule has 0 amide bonds. The summed E-state index contributed by atoms with van der Waals surface area (Å²) in [4.78, 5) is 91.4. The molecule has 0 saturated carbocycles. The molecule has 0 aliphatic heterocycles. The summed E-state index contributed by atoms with van der Waals surface area (Å²) in [6.45, 7) is 18.7. The summed E-state index contributed by atoms with van der Waals surface area (Å²) in [5.74, 6) is -5.22. The monoisotopic (exact) mass is 2100 g/mol. The van der Waals surface area contributed by atoms with Crippen LogP contribution in [0.3, 0.4) is 0 Å². The number of esters is 8. The summed E-state index contributed by atoms with van der Waals surface area (Å²) in [5, 5.41) is 53.5. The predicted molar refractivity (Wildman–Crippen MR) is 535 cm³/mol. The highest BCUT2D eigenvalue weighted by Crippen LogP contribution is 2.22. The minimum absolute atomic E-state index is 0.138. The van der Waals surface area contributed by atoms with E-state index in [1.807, 2.05) is 103 Å². The number of halogens is 6. The smallest absolute Gasteiger partial charge is 0.358 e. The molecular formula is C106H110Br2F4N16O16. The molecule has 8 aromatic heterocycles. The number of aromatic amines is 8. The molecule has 0 bridgehead atoms.